The van der Waals surface area contributed by atoms with E-state index in [1.165, 1.54) is 28.2 Å². The van der Waals surface area contributed by atoms with Crippen molar-refractivity contribution >= 4 is 35.2 Å². The molecule has 2 aliphatic heterocycles. The fraction of sp³-hybridized carbons (Fsp3) is 0.500. The number of rotatable bonds is 2. The molecule has 0 radical (unpaired) electrons. The van der Waals surface area contributed by atoms with Gasteiger partial charge < -0.3 is 14.2 Å². The van der Waals surface area contributed by atoms with Crippen LogP contribution in [-0.2, 0) is 24.4 Å². The lowest BCUT2D eigenvalue weighted by Gasteiger charge is -2.38. The van der Waals surface area contributed by atoms with Crippen LogP contribution in [0.15, 0.2) is 41.8 Å². The third-order valence-electron chi connectivity index (χ3n) is 6.07. The van der Waals surface area contributed by atoms with Gasteiger partial charge in [0.2, 0.25) is 0 Å². The molecule has 1 fully saturated rings. The van der Waals surface area contributed by atoms with Crippen molar-refractivity contribution in [1.82, 2.24) is 4.90 Å². The molecule has 1 aromatic carbocycles. The first-order chi connectivity index (χ1) is 16.3. The van der Waals surface area contributed by atoms with Crippen LogP contribution in [-0.4, -0.2) is 53.6 Å². The number of thiophene rings is 1. The first kappa shape index (κ1) is 25.0. The highest BCUT2D eigenvalue weighted by Crippen LogP contribution is 2.59. The summed E-state index contributed by atoms with van der Waals surface area (Å²) in [6.07, 6.45) is -1.95. The summed E-state index contributed by atoms with van der Waals surface area (Å²) in [5.74, 6) is -0.567. The van der Waals surface area contributed by atoms with E-state index >= 15 is 0 Å². The number of esters is 1. The highest BCUT2D eigenvalue weighted by atomic mass is 32.1. The summed E-state index contributed by atoms with van der Waals surface area (Å²) in [4.78, 5) is 44.2. The third kappa shape index (κ3) is 4.26. The molecule has 2 aliphatic rings. The standard InChI is InChI=1S/C26H32N2O6S/c1-24(2,3)33-22(30)27-17-12-9-8-11-16(17)26(19-13-10-14-35-19)15-18(20(29)32-7)28(21(26)27)23(31)34-25(4,5)6/h8-14,18,21H,15H2,1-7H3/t18-,21-,26-/m0/s1. The highest BCUT2D eigenvalue weighted by molar-refractivity contribution is 7.10. The molecule has 0 N–H and O–H groups in total. The van der Waals surface area contributed by atoms with Gasteiger partial charge in [-0.3, -0.25) is 9.80 Å². The van der Waals surface area contributed by atoms with Gasteiger partial charge in [0.25, 0.3) is 0 Å². The van der Waals surface area contributed by atoms with Gasteiger partial charge in [0.05, 0.1) is 18.2 Å². The number of fused-ring (bicyclic) bond motifs is 3. The van der Waals surface area contributed by atoms with Gasteiger partial charge in [0.1, 0.15) is 23.4 Å². The maximum Gasteiger partial charge on any atom is 0.416 e. The van der Waals surface area contributed by atoms with Gasteiger partial charge in [0.15, 0.2) is 0 Å². The van der Waals surface area contributed by atoms with Gasteiger partial charge in [-0.25, -0.2) is 14.4 Å². The molecule has 0 saturated carbocycles. The monoisotopic (exact) mass is 500 g/mol. The number of methoxy groups -OCH3 is 1. The fourth-order valence-corrected chi connectivity index (χ4v) is 5.95. The molecule has 9 heteroatoms. The number of hydrogen-bond acceptors (Lipinski definition) is 7. The minimum Gasteiger partial charge on any atom is -0.467 e. The van der Waals surface area contributed by atoms with Crippen molar-refractivity contribution < 1.29 is 28.6 Å². The number of benzene rings is 1. The second-order valence-electron chi connectivity index (χ2n) is 10.8. The molecule has 1 aromatic heterocycles. The van der Waals surface area contributed by atoms with Crippen LogP contribution < -0.4 is 4.90 Å². The van der Waals surface area contributed by atoms with Gasteiger partial charge in [-0.05, 0) is 71.0 Å². The summed E-state index contributed by atoms with van der Waals surface area (Å²) in [5.41, 5.74) is -0.960. The minimum atomic E-state index is -0.958. The first-order valence-electron chi connectivity index (χ1n) is 11.5. The molecule has 8 nitrogen and oxygen atoms in total. The molecule has 188 valence electrons. The van der Waals surface area contributed by atoms with Crippen molar-refractivity contribution in [2.24, 2.45) is 0 Å². The fourth-order valence-electron chi connectivity index (χ4n) is 4.98. The molecular formula is C26H32N2O6S. The molecule has 3 heterocycles. The Kier molecular flexibility index (Phi) is 6.12. The van der Waals surface area contributed by atoms with Crippen molar-refractivity contribution in [2.75, 3.05) is 12.0 Å². The van der Waals surface area contributed by atoms with Crippen molar-refractivity contribution in [1.29, 1.82) is 0 Å². The number of carbonyl (C=O) groups is 3. The van der Waals surface area contributed by atoms with Crippen LogP contribution in [0, 0.1) is 0 Å². The molecule has 0 bridgehead atoms. The molecule has 0 unspecified atom stereocenters. The van der Waals surface area contributed by atoms with Gasteiger partial charge in [-0.1, -0.05) is 24.3 Å². The van der Waals surface area contributed by atoms with Crippen molar-refractivity contribution in [3.63, 3.8) is 0 Å². The molecule has 4 rings (SSSR count). The number of anilines is 1. The van der Waals surface area contributed by atoms with E-state index in [2.05, 4.69) is 0 Å². The zero-order chi connectivity index (χ0) is 25.8. The minimum absolute atomic E-state index is 0.237. The predicted molar refractivity (Wildman–Crippen MR) is 133 cm³/mol. The topological polar surface area (TPSA) is 85.4 Å². The van der Waals surface area contributed by atoms with E-state index in [0.29, 0.717) is 5.69 Å². The number of amides is 2. The van der Waals surface area contributed by atoms with E-state index in [4.69, 9.17) is 14.2 Å². The van der Waals surface area contributed by atoms with Crippen LogP contribution in [0.5, 0.6) is 0 Å². The highest BCUT2D eigenvalue weighted by Gasteiger charge is 2.67. The Morgan fingerprint density at radius 1 is 0.943 bits per heavy atom. The van der Waals surface area contributed by atoms with Crippen molar-refractivity contribution in [3.8, 4) is 0 Å². The van der Waals surface area contributed by atoms with Crippen molar-refractivity contribution in [3.05, 3.63) is 52.2 Å². The van der Waals surface area contributed by atoms with Gasteiger partial charge in [0, 0.05) is 4.88 Å². The Labute approximate surface area is 209 Å². The number of nitrogens with zero attached hydrogens (tertiary/aromatic N) is 2. The summed E-state index contributed by atoms with van der Waals surface area (Å²) < 4.78 is 16.7. The molecule has 35 heavy (non-hydrogen) atoms. The number of hydrogen-bond donors (Lipinski definition) is 0. The Bertz CT molecular complexity index is 1130. The maximum atomic E-state index is 13.7. The Balaban J connectivity index is 1.97. The predicted octanol–water partition coefficient (Wildman–Crippen LogP) is 5.30. The zero-order valence-electron chi connectivity index (χ0n) is 21.2. The number of likely N-dealkylation sites (tertiary alicyclic amines) is 1. The second kappa shape index (κ2) is 8.55. The summed E-state index contributed by atoms with van der Waals surface area (Å²) in [7, 11) is 1.29. The number of para-hydroxylation sites is 1. The largest absolute Gasteiger partial charge is 0.467 e. The van der Waals surface area contributed by atoms with E-state index in [1.807, 2.05) is 41.8 Å². The molecular weight excluding hydrogens is 468 g/mol. The summed E-state index contributed by atoms with van der Waals surface area (Å²) >= 11 is 1.52. The quantitative estimate of drug-likeness (QED) is 0.411. The number of carbonyl (C=O) groups excluding carboxylic acids is 3. The normalized spacial score (nSPS) is 23.5. The van der Waals surface area contributed by atoms with Crippen LogP contribution in [0.3, 0.4) is 0 Å². The van der Waals surface area contributed by atoms with Gasteiger partial charge in [-0.15, -0.1) is 11.3 Å². The SMILES string of the molecule is COC(=O)[C@@H]1C[C@@]2(c3cccs3)c3ccccc3N(C(=O)OC(C)(C)C)[C@H]2N1C(=O)OC(C)(C)C. The van der Waals surface area contributed by atoms with E-state index in [-0.39, 0.29) is 6.42 Å². The lowest BCUT2D eigenvalue weighted by Crippen LogP contribution is -2.58. The lowest BCUT2D eigenvalue weighted by molar-refractivity contribution is -0.146. The number of ether oxygens (including phenoxy) is 3. The smallest absolute Gasteiger partial charge is 0.416 e. The third-order valence-corrected chi connectivity index (χ3v) is 7.12. The van der Waals surface area contributed by atoms with Crippen LogP contribution in [0.4, 0.5) is 15.3 Å². The van der Waals surface area contributed by atoms with E-state index < -0.39 is 47.0 Å². The summed E-state index contributed by atoms with van der Waals surface area (Å²) in [6, 6.07) is 10.5. The molecule has 0 spiro atoms. The molecule has 2 aromatic rings. The maximum absolute atomic E-state index is 13.7. The zero-order valence-corrected chi connectivity index (χ0v) is 22.0. The van der Waals surface area contributed by atoms with Crippen LogP contribution in [0.1, 0.15) is 58.4 Å². The van der Waals surface area contributed by atoms with Gasteiger partial charge >= 0.3 is 18.2 Å². The first-order valence-corrected chi connectivity index (χ1v) is 12.4. The Morgan fingerprint density at radius 2 is 1.57 bits per heavy atom. The van der Waals surface area contributed by atoms with E-state index in [1.54, 1.807) is 41.5 Å². The van der Waals surface area contributed by atoms with Crippen LogP contribution >= 0.6 is 11.3 Å². The summed E-state index contributed by atoms with van der Waals surface area (Å²) in [6.45, 7) is 10.6. The average molecular weight is 501 g/mol. The molecule has 2 amide bonds. The van der Waals surface area contributed by atoms with Crippen LogP contribution in [0.25, 0.3) is 0 Å². The van der Waals surface area contributed by atoms with Crippen molar-refractivity contribution in [2.45, 2.75) is 76.8 Å². The lowest BCUT2D eigenvalue weighted by atomic mass is 9.76. The van der Waals surface area contributed by atoms with Gasteiger partial charge in [-0.2, -0.15) is 0 Å². The Morgan fingerprint density at radius 3 is 2.14 bits per heavy atom. The molecule has 1 saturated heterocycles. The van der Waals surface area contributed by atoms with E-state index in [9.17, 15) is 14.4 Å². The van der Waals surface area contributed by atoms with E-state index in [0.717, 1.165) is 10.4 Å². The molecule has 0 aliphatic carbocycles. The second-order valence-corrected chi connectivity index (χ2v) is 11.8. The average Bonchev–Trinajstić information content (AvgIpc) is 3.43. The molecule has 3 atom stereocenters. The Hall–Kier alpha value is -3.07. The summed E-state index contributed by atoms with van der Waals surface area (Å²) in [5, 5.41) is 1.95. The van der Waals surface area contributed by atoms with Crippen LogP contribution in [0.2, 0.25) is 0 Å².